The molecule has 0 bridgehead atoms. The van der Waals surface area contributed by atoms with Crippen molar-refractivity contribution in [3.63, 3.8) is 0 Å². The van der Waals surface area contributed by atoms with Crippen LogP contribution in [0.2, 0.25) is 0 Å². The van der Waals surface area contributed by atoms with Gasteiger partial charge in [-0.15, -0.1) is 0 Å². The average molecular weight is 272 g/mol. The molecule has 1 fully saturated rings. The number of hydrogen-bond acceptors (Lipinski definition) is 3. The molecule has 0 aromatic rings. The Kier molecular flexibility index (Phi) is 5.53. The van der Waals surface area contributed by atoms with Crippen LogP contribution in [0.15, 0.2) is 0 Å². The molecular formula is C14H28N2OS. The monoisotopic (exact) mass is 272 g/mol. The molecule has 4 heteroatoms. The highest BCUT2D eigenvalue weighted by molar-refractivity contribution is 8.00. The van der Waals surface area contributed by atoms with Crippen molar-refractivity contribution in [3.8, 4) is 0 Å². The number of nitrogens with two attached hydrogens (primary N) is 1. The van der Waals surface area contributed by atoms with E-state index in [4.69, 9.17) is 5.73 Å². The van der Waals surface area contributed by atoms with Gasteiger partial charge >= 0.3 is 0 Å². The molecule has 18 heavy (non-hydrogen) atoms. The van der Waals surface area contributed by atoms with Gasteiger partial charge in [0, 0.05) is 22.6 Å². The van der Waals surface area contributed by atoms with E-state index in [1.807, 2.05) is 18.7 Å². The fourth-order valence-electron chi connectivity index (χ4n) is 2.44. The molecule has 3 nitrogen and oxygen atoms in total. The summed E-state index contributed by atoms with van der Waals surface area (Å²) in [5.41, 5.74) is 5.91. The van der Waals surface area contributed by atoms with Gasteiger partial charge in [-0.3, -0.25) is 4.79 Å². The molecule has 0 spiro atoms. The molecule has 1 amide bonds. The first-order chi connectivity index (χ1) is 8.22. The topological polar surface area (TPSA) is 55.1 Å². The van der Waals surface area contributed by atoms with Crippen LogP contribution in [0.3, 0.4) is 0 Å². The van der Waals surface area contributed by atoms with E-state index >= 15 is 0 Å². The molecule has 0 aromatic carbocycles. The van der Waals surface area contributed by atoms with Crippen LogP contribution >= 0.6 is 11.8 Å². The van der Waals surface area contributed by atoms with Gasteiger partial charge in [0.1, 0.15) is 0 Å². The Morgan fingerprint density at radius 2 is 2.11 bits per heavy atom. The van der Waals surface area contributed by atoms with E-state index in [1.165, 1.54) is 0 Å². The SMILES string of the molecule is CC(C)(C)SCCNC(=O)C1CCCCC1(C)N. The molecule has 0 radical (unpaired) electrons. The minimum Gasteiger partial charge on any atom is -0.355 e. The summed E-state index contributed by atoms with van der Waals surface area (Å²) in [5, 5.41) is 3.04. The molecule has 0 heterocycles. The first kappa shape index (κ1) is 15.8. The van der Waals surface area contributed by atoms with Gasteiger partial charge in [-0.1, -0.05) is 33.6 Å². The quantitative estimate of drug-likeness (QED) is 0.773. The summed E-state index contributed by atoms with van der Waals surface area (Å²) in [5.74, 6) is 1.10. The van der Waals surface area contributed by atoms with Gasteiger partial charge in [0.15, 0.2) is 0 Å². The molecule has 2 atom stereocenters. The highest BCUT2D eigenvalue weighted by atomic mass is 32.2. The summed E-state index contributed by atoms with van der Waals surface area (Å²) in [6.45, 7) is 9.33. The highest BCUT2D eigenvalue weighted by Gasteiger charge is 2.37. The Balaban J connectivity index is 2.32. The number of hydrogen-bond donors (Lipinski definition) is 2. The minimum atomic E-state index is -0.320. The van der Waals surface area contributed by atoms with Crippen LogP contribution in [0.25, 0.3) is 0 Å². The van der Waals surface area contributed by atoms with Crippen LogP contribution in [0.4, 0.5) is 0 Å². The maximum absolute atomic E-state index is 12.1. The molecular weight excluding hydrogens is 244 g/mol. The number of carbonyl (C=O) groups excluding carboxylic acids is 1. The van der Waals surface area contributed by atoms with E-state index in [1.54, 1.807) is 0 Å². The van der Waals surface area contributed by atoms with E-state index in [9.17, 15) is 4.79 Å². The number of rotatable bonds is 4. The molecule has 1 saturated carbocycles. The van der Waals surface area contributed by atoms with E-state index in [0.717, 1.165) is 38.0 Å². The van der Waals surface area contributed by atoms with Crippen LogP contribution in [-0.2, 0) is 4.79 Å². The van der Waals surface area contributed by atoms with Crippen molar-refractivity contribution in [1.29, 1.82) is 0 Å². The second-order valence-corrected chi connectivity index (χ2v) is 8.48. The summed E-state index contributed by atoms with van der Waals surface area (Å²) in [4.78, 5) is 12.1. The molecule has 1 aliphatic carbocycles. The summed E-state index contributed by atoms with van der Waals surface area (Å²) in [6, 6.07) is 0. The van der Waals surface area contributed by atoms with E-state index in [0.29, 0.717) is 0 Å². The van der Waals surface area contributed by atoms with Gasteiger partial charge in [-0.25, -0.2) is 0 Å². The fourth-order valence-corrected chi connectivity index (χ4v) is 3.26. The van der Waals surface area contributed by atoms with Crippen LogP contribution in [0, 0.1) is 5.92 Å². The Bertz CT molecular complexity index is 284. The van der Waals surface area contributed by atoms with Gasteiger partial charge in [0.05, 0.1) is 5.92 Å². The third kappa shape index (κ3) is 5.19. The van der Waals surface area contributed by atoms with E-state index in [-0.39, 0.29) is 22.1 Å². The summed E-state index contributed by atoms with van der Waals surface area (Å²) >= 11 is 1.88. The van der Waals surface area contributed by atoms with Crippen LogP contribution in [0.5, 0.6) is 0 Å². The average Bonchev–Trinajstić information content (AvgIpc) is 2.22. The first-order valence-electron chi connectivity index (χ1n) is 6.93. The second-order valence-electron chi connectivity index (χ2n) is 6.56. The maximum atomic E-state index is 12.1. The summed E-state index contributed by atoms with van der Waals surface area (Å²) < 4.78 is 0.262. The van der Waals surface area contributed by atoms with E-state index in [2.05, 4.69) is 26.1 Å². The Morgan fingerprint density at radius 3 is 2.67 bits per heavy atom. The number of amides is 1. The molecule has 2 unspecified atom stereocenters. The minimum absolute atomic E-state index is 0.00844. The van der Waals surface area contributed by atoms with Gasteiger partial charge in [-0.2, -0.15) is 11.8 Å². The third-order valence-corrected chi connectivity index (χ3v) is 4.78. The Hall–Kier alpha value is -0.220. The predicted molar refractivity (Wildman–Crippen MR) is 79.8 cm³/mol. The van der Waals surface area contributed by atoms with Crippen LogP contribution in [-0.4, -0.2) is 28.5 Å². The lowest BCUT2D eigenvalue weighted by Crippen LogP contribution is -2.53. The molecule has 1 rings (SSSR count). The van der Waals surface area contributed by atoms with Gasteiger partial charge in [0.25, 0.3) is 0 Å². The molecule has 1 aliphatic rings. The van der Waals surface area contributed by atoms with Gasteiger partial charge < -0.3 is 11.1 Å². The zero-order valence-corrected chi connectivity index (χ0v) is 13.0. The molecule has 0 aliphatic heterocycles. The fraction of sp³-hybridized carbons (Fsp3) is 0.929. The largest absolute Gasteiger partial charge is 0.355 e. The van der Waals surface area contributed by atoms with Crippen molar-refractivity contribution in [1.82, 2.24) is 5.32 Å². The van der Waals surface area contributed by atoms with Crippen LogP contribution < -0.4 is 11.1 Å². The molecule has 3 N–H and O–H groups in total. The Labute approximate surface area is 116 Å². The van der Waals surface area contributed by atoms with E-state index < -0.39 is 0 Å². The maximum Gasteiger partial charge on any atom is 0.224 e. The summed E-state index contributed by atoms with van der Waals surface area (Å²) in [7, 11) is 0. The van der Waals surface area contributed by atoms with Crippen molar-refractivity contribution in [2.75, 3.05) is 12.3 Å². The number of nitrogens with one attached hydrogen (secondary N) is 1. The van der Waals surface area contributed by atoms with Crippen LogP contribution in [0.1, 0.15) is 53.4 Å². The van der Waals surface area contributed by atoms with Crippen molar-refractivity contribution in [3.05, 3.63) is 0 Å². The molecule has 0 aromatic heterocycles. The zero-order chi connectivity index (χ0) is 13.8. The third-order valence-electron chi connectivity index (χ3n) is 3.51. The lowest BCUT2D eigenvalue weighted by Gasteiger charge is -2.37. The van der Waals surface area contributed by atoms with Crippen molar-refractivity contribution in [2.45, 2.75) is 63.7 Å². The van der Waals surface area contributed by atoms with Crippen molar-refractivity contribution >= 4 is 17.7 Å². The lowest BCUT2D eigenvalue weighted by molar-refractivity contribution is -0.127. The first-order valence-corrected chi connectivity index (χ1v) is 7.91. The normalized spacial score (nSPS) is 29.1. The van der Waals surface area contributed by atoms with Gasteiger partial charge in [0.2, 0.25) is 5.91 Å². The summed E-state index contributed by atoms with van der Waals surface area (Å²) in [6.07, 6.45) is 4.17. The second kappa shape index (κ2) is 6.29. The van der Waals surface area contributed by atoms with Crippen molar-refractivity contribution in [2.24, 2.45) is 11.7 Å². The number of carbonyl (C=O) groups is 1. The standard InChI is InChI=1S/C14H28N2OS/c1-13(2,3)18-10-9-16-12(17)11-7-5-6-8-14(11,4)15/h11H,5-10,15H2,1-4H3,(H,16,17). The zero-order valence-electron chi connectivity index (χ0n) is 12.2. The van der Waals surface area contributed by atoms with Crippen molar-refractivity contribution < 1.29 is 4.79 Å². The highest BCUT2D eigenvalue weighted by Crippen LogP contribution is 2.31. The molecule has 106 valence electrons. The Morgan fingerprint density at radius 1 is 1.44 bits per heavy atom. The predicted octanol–water partition coefficient (Wildman–Crippen LogP) is 2.54. The molecule has 0 saturated heterocycles. The number of thioether (sulfide) groups is 1. The smallest absolute Gasteiger partial charge is 0.224 e. The van der Waals surface area contributed by atoms with Gasteiger partial charge in [-0.05, 0) is 19.8 Å². The lowest BCUT2D eigenvalue weighted by atomic mass is 9.74.